The maximum absolute atomic E-state index is 12.1. The molecule has 1 aliphatic heterocycles. The largest absolute Gasteiger partial charge is 0.396 e. The van der Waals surface area contributed by atoms with Crippen LogP contribution in [0.25, 0.3) is 0 Å². The second-order valence-electron chi connectivity index (χ2n) is 8.29. The number of rotatable bonds is 10. The van der Waals surface area contributed by atoms with Gasteiger partial charge in [0.15, 0.2) is 0 Å². The van der Waals surface area contributed by atoms with Crippen LogP contribution in [0.5, 0.6) is 0 Å². The van der Waals surface area contributed by atoms with E-state index in [1.807, 2.05) is 13.8 Å². The van der Waals surface area contributed by atoms with Crippen LogP contribution < -0.4 is 0 Å². The van der Waals surface area contributed by atoms with Gasteiger partial charge < -0.3 is 14.9 Å². The van der Waals surface area contributed by atoms with E-state index in [0.717, 1.165) is 44.9 Å². The minimum atomic E-state index is -0.523. The van der Waals surface area contributed by atoms with Crippen molar-refractivity contribution in [1.29, 1.82) is 0 Å². The van der Waals surface area contributed by atoms with Crippen LogP contribution in [-0.4, -0.2) is 40.9 Å². The predicted octanol–water partition coefficient (Wildman–Crippen LogP) is 3.73. The van der Waals surface area contributed by atoms with Gasteiger partial charge in [-0.05, 0) is 63.7 Å². The first-order valence-corrected chi connectivity index (χ1v) is 9.74. The lowest BCUT2D eigenvalue weighted by molar-refractivity contribution is -0.124. The smallest absolute Gasteiger partial charge is 0.135 e. The number of ketones is 1. The highest BCUT2D eigenvalue weighted by Crippen LogP contribution is 2.32. The number of Topliss-reactive ketones (excluding diaryl/α,β-unsaturated/α-hetero) is 1. The fourth-order valence-electron chi connectivity index (χ4n) is 3.43. The molecule has 1 fully saturated rings. The van der Waals surface area contributed by atoms with Gasteiger partial charge >= 0.3 is 0 Å². The van der Waals surface area contributed by atoms with Crippen molar-refractivity contribution in [2.75, 3.05) is 13.2 Å². The van der Waals surface area contributed by atoms with E-state index < -0.39 is 11.7 Å². The minimum Gasteiger partial charge on any atom is -0.396 e. The molecule has 4 atom stereocenters. The summed E-state index contributed by atoms with van der Waals surface area (Å²) in [4.78, 5) is 12.1. The van der Waals surface area contributed by atoms with Gasteiger partial charge in [-0.25, -0.2) is 0 Å². The summed E-state index contributed by atoms with van der Waals surface area (Å²) in [5.41, 5.74) is -0.523. The molecule has 0 spiro atoms. The number of aliphatic hydroxyl groups is 2. The number of hydrogen-bond acceptors (Lipinski definition) is 4. The van der Waals surface area contributed by atoms with Gasteiger partial charge in [0.25, 0.3) is 0 Å². The molecule has 0 amide bonds. The SMILES string of the molecule is CC(C)CCC(=O)C(C)CCC[C@@]1(C)OC[C@@H](CCO)CC[C@@H]1O. The van der Waals surface area contributed by atoms with Crippen LogP contribution in [0.1, 0.15) is 79.1 Å². The molecule has 4 nitrogen and oxygen atoms in total. The number of ether oxygens (including phenoxy) is 1. The van der Waals surface area contributed by atoms with Crippen LogP contribution >= 0.6 is 0 Å². The number of hydrogen-bond donors (Lipinski definition) is 2. The van der Waals surface area contributed by atoms with Crippen LogP contribution in [0.3, 0.4) is 0 Å². The lowest BCUT2D eigenvalue weighted by Gasteiger charge is -2.33. The first-order chi connectivity index (χ1) is 11.3. The van der Waals surface area contributed by atoms with Gasteiger partial charge in [-0.15, -0.1) is 0 Å². The Morgan fingerprint density at radius 1 is 1.25 bits per heavy atom. The van der Waals surface area contributed by atoms with E-state index in [0.29, 0.717) is 30.6 Å². The van der Waals surface area contributed by atoms with Crippen LogP contribution in [-0.2, 0) is 9.53 Å². The Morgan fingerprint density at radius 3 is 2.58 bits per heavy atom. The van der Waals surface area contributed by atoms with Crippen molar-refractivity contribution in [3.05, 3.63) is 0 Å². The summed E-state index contributed by atoms with van der Waals surface area (Å²) >= 11 is 0. The average Bonchev–Trinajstić information content (AvgIpc) is 2.66. The fraction of sp³-hybridized carbons (Fsp3) is 0.950. The quantitative estimate of drug-likeness (QED) is 0.635. The molecule has 24 heavy (non-hydrogen) atoms. The van der Waals surface area contributed by atoms with Crippen molar-refractivity contribution < 1.29 is 19.7 Å². The molecule has 0 radical (unpaired) electrons. The van der Waals surface area contributed by atoms with E-state index in [9.17, 15) is 9.90 Å². The molecule has 0 aromatic rings. The molecule has 1 unspecified atom stereocenters. The highest BCUT2D eigenvalue weighted by molar-refractivity contribution is 5.80. The Morgan fingerprint density at radius 2 is 1.96 bits per heavy atom. The molecule has 142 valence electrons. The Labute approximate surface area is 148 Å². The maximum Gasteiger partial charge on any atom is 0.135 e. The monoisotopic (exact) mass is 342 g/mol. The summed E-state index contributed by atoms with van der Waals surface area (Å²) in [6, 6.07) is 0. The third-order valence-corrected chi connectivity index (χ3v) is 5.57. The van der Waals surface area contributed by atoms with Crippen molar-refractivity contribution in [2.45, 2.75) is 90.8 Å². The summed E-state index contributed by atoms with van der Waals surface area (Å²) in [5, 5.41) is 19.5. The molecule has 1 saturated heterocycles. The normalized spacial score (nSPS) is 29.5. The zero-order valence-corrected chi connectivity index (χ0v) is 16.1. The molecule has 0 aromatic carbocycles. The van der Waals surface area contributed by atoms with Crippen LogP contribution in [0.2, 0.25) is 0 Å². The van der Waals surface area contributed by atoms with E-state index in [-0.39, 0.29) is 12.5 Å². The van der Waals surface area contributed by atoms with E-state index in [2.05, 4.69) is 13.8 Å². The fourth-order valence-corrected chi connectivity index (χ4v) is 3.43. The molecule has 0 aliphatic carbocycles. The number of carbonyl (C=O) groups is 1. The maximum atomic E-state index is 12.1. The van der Waals surface area contributed by atoms with Crippen molar-refractivity contribution in [3.63, 3.8) is 0 Å². The summed E-state index contributed by atoms with van der Waals surface area (Å²) in [6.07, 6.45) is 6.09. The molecule has 1 rings (SSSR count). The van der Waals surface area contributed by atoms with E-state index in [4.69, 9.17) is 9.84 Å². The number of carbonyl (C=O) groups excluding carboxylic acids is 1. The zero-order valence-electron chi connectivity index (χ0n) is 16.1. The van der Waals surface area contributed by atoms with Gasteiger partial charge in [-0.2, -0.15) is 0 Å². The Kier molecular flexibility index (Phi) is 9.47. The summed E-state index contributed by atoms with van der Waals surface area (Å²) < 4.78 is 6.04. The van der Waals surface area contributed by atoms with Crippen molar-refractivity contribution in [3.8, 4) is 0 Å². The molecule has 0 aromatic heterocycles. The third kappa shape index (κ3) is 7.20. The lowest BCUT2D eigenvalue weighted by Crippen LogP contribution is -2.41. The van der Waals surface area contributed by atoms with E-state index >= 15 is 0 Å². The molecule has 1 heterocycles. The van der Waals surface area contributed by atoms with Gasteiger partial charge in [0, 0.05) is 18.9 Å². The first-order valence-electron chi connectivity index (χ1n) is 9.74. The summed E-state index contributed by atoms with van der Waals surface area (Å²) in [7, 11) is 0. The zero-order chi connectivity index (χ0) is 18.2. The number of aliphatic hydroxyl groups excluding tert-OH is 2. The highest BCUT2D eigenvalue weighted by atomic mass is 16.5. The van der Waals surface area contributed by atoms with Crippen molar-refractivity contribution in [1.82, 2.24) is 0 Å². The third-order valence-electron chi connectivity index (χ3n) is 5.57. The van der Waals surface area contributed by atoms with E-state index in [1.54, 1.807) is 0 Å². The molecule has 2 N–H and O–H groups in total. The molecular formula is C20H38O4. The molecule has 1 aliphatic rings. The standard InChI is InChI=1S/C20H38O4/c1-15(2)7-9-18(22)16(3)6-5-12-20(4)19(23)10-8-17(11-13-21)14-24-20/h15-17,19,21,23H,5-14H2,1-4H3/t16?,17-,19+,20-/m1/s1. The van der Waals surface area contributed by atoms with Gasteiger partial charge in [0.2, 0.25) is 0 Å². The van der Waals surface area contributed by atoms with Crippen LogP contribution in [0, 0.1) is 17.8 Å². The van der Waals surface area contributed by atoms with Crippen molar-refractivity contribution in [2.24, 2.45) is 17.8 Å². The molecule has 4 heteroatoms. The average molecular weight is 343 g/mol. The molecular weight excluding hydrogens is 304 g/mol. The summed E-state index contributed by atoms with van der Waals surface area (Å²) in [6.45, 7) is 9.09. The summed E-state index contributed by atoms with van der Waals surface area (Å²) in [5.74, 6) is 1.36. The topological polar surface area (TPSA) is 66.8 Å². The second-order valence-corrected chi connectivity index (χ2v) is 8.29. The van der Waals surface area contributed by atoms with Crippen molar-refractivity contribution >= 4 is 5.78 Å². The second kappa shape index (κ2) is 10.5. The highest BCUT2D eigenvalue weighted by Gasteiger charge is 2.37. The molecule has 0 saturated carbocycles. The Balaban J connectivity index is 2.40. The predicted molar refractivity (Wildman–Crippen MR) is 96.9 cm³/mol. The van der Waals surface area contributed by atoms with Gasteiger partial charge in [0.05, 0.1) is 18.3 Å². The van der Waals surface area contributed by atoms with Gasteiger partial charge in [-0.1, -0.05) is 20.8 Å². The minimum absolute atomic E-state index is 0.0948. The molecule has 0 bridgehead atoms. The Hall–Kier alpha value is -0.450. The van der Waals surface area contributed by atoms with Crippen LogP contribution in [0.4, 0.5) is 0 Å². The van der Waals surface area contributed by atoms with Gasteiger partial charge in [-0.3, -0.25) is 4.79 Å². The van der Waals surface area contributed by atoms with Gasteiger partial charge in [0.1, 0.15) is 5.78 Å². The first kappa shape index (κ1) is 21.6. The van der Waals surface area contributed by atoms with E-state index in [1.165, 1.54) is 0 Å². The van der Waals surface area contributed by atoms with Crippen LogP contribution in [0.15, 0.2) is 0 Å². The Bertz CT molecular complexity index is 369. The lowest BCUT2D eigenvalue weighted by atomic mass is 9.86.